The lowest BCUT2D eigenvalue weighted by Gasteiger charge is -2.22. The van der Waals surface area contributed by atoms with Crippen molar-refractivity contribution in [2.45, 2.75) is 26.3 Å². The summed E-state index contributed by atoms with van der Waals surface area (Å²) in [7, 11) is 1.29. The number of hydrogen-bond donors (Lipinski definition) is 2. The molecule has 2 N–H and O–H groups in total. The number of carbonyl (C=O) groups excluding carboxylic acids is 2. The van der Waals surface area contributed by atoms with Crippen LogP contribution in [0.2, 0.25) is 0 Å². The van der Waals surface area contributed by atoms with Crippen molar-refractivity contribution in [2.75, 3.05) is 12.4 Å². The highest BCUT2D eigenvalue weighted by Gasteiger charge is 2.26. The van der Waals surface area contributed by atoms with Gasteiger partial charge in [0.15, 0.2) is 0 Å². The highest BCUT2D eigenvalue weighted by Crippen LogP contribution is 2.18. The summed E-state index contributed by atoms with van der Waals surface area (Å²) in [5.74, 6) is -0.547. The lowest BCUT2D eigenvalue weighted by Crippen LogP contribution is -2.47. The summed E-state index contributed by atoms with van der Waals surface area (Å²) < 4.78 is 9.76. The summed E-state index contributed by atoms with van der Waals surface area (Å²) >= 11 is 0. The highest BCUT2D eigenvalue weighted by atomic mass is 16.5. The number of rotatable bonds is 5. The van der Waals surface area contributed by atoms with Gasteiger partial charge in [-0.05, 0) is 30.2 Å². The van der Waals surface area contributed by atoms with Crippen LogP contribution in [0.1, 0.15) is 20.3 Å². The van der Waals surface area contributed by atoms with Crippen LogP contribution in [0.25, 0.3) is 11.0 Å². The minimum Gasteiger partial charge on any atom is -0.467 e. The molecule has 0 radical (unpaired) electrons. The van der Waals surface area contributed by atoms with Gasteiger partial charge in [0.05, 0.1) is 7.11 Å². The van der Waals surface area contributed by atoms with E-state index in [2.05, 4.69) is 10.6 Å². The van der Waals surface area contributed by atoms with Crippen molar-refractivity contribution in [3.05, 3.63) is 40.8 Å². The Kier molecular flexibility index (Phi) is 5.57. The maximum Gasteiger partial charge on any atom is 0.336 e. The Morgan fingerprint density at radius 3 is 2.67 bits per heavy atom. The van der Waals surface area contributed by atoms with Gasteiger partial charge in [-0.15, -0.1) is 0 Å². The maximum atomic E-state index is 12.2. The second-order valence-electron chi connectivity index (χ2n) is 5.49. The highest BCUT2D eigenvalue weighted by molar-refractivity contribution is 5.94. The molecule has 1 heterocycles. The summed E-state index contributed by atoms with van der Waals surface area (Å²) in [6, 6.07) is 6.57. The number of fused-ring (bicyclic) bond motifs is 1. The zero-order chi connectivity index (χ0) is 17.7. The third kappa shape index (κ3) is 4.13. The molecule has 0 bridgehead atoms. The fourth-order valence-electron chi connectivity index (χ4n) is 2.25. The zero-order valence-corrected chi connectivity index (χ0v) is 13.8. The van der Waals surface area contributed by atoms with Gasteiger partial charge in [0.2, 0.25) is 0 Å². The average molecular weight is 332 g/mol. The number of urea groups is 1. The quantitative estimate of drug-likeness (QED) is 0.647. The lowest BCUT2D eigenvalue weighted by atomic mass is 9.99. The van der Waals surface area contributed by atoms with E-state index in [1.165, 1.54) is 13.2 Å². The molecule has 1 aromatic carbocycles. The van der Waals surface area contributed by atoms with Gasteiger partial charge in [0, 0.05) is 17.1 Å². The number of esters is 1. The molecule has 0 fully saturated rings. The molecule has 7 heteroatoms. The van der Waals surface area contributed by atoms with Crippen molar-refractivity contribution in [3.8, 4) is 0 Å². The van der Waals surface area contributed by atoms with Gasteiger partial charge in [-0.1, -0.05) is 20.3 Å². The van der Waals surface area contributed by atoms with Crippen molar-refractivity contribution in [1.82, 2.24) is 5.32 Å². The third-order valence-corrected chi connectivity index (χ3v) is 3.83. The normalized spacial score (nSPS) is 13.1. The van der Waals surface area contributed by atoms with Crippen LogP contribution in [0.5, 0.6) is 0 Å². The van der Waals surface area contributed by atoms with E-state index in [0.29, 0.717) is 16.7 Å². The molecule has 2 aromatic rings. The minimum atomic E-state index is -0.724. The molecule has 0 aliphatic heterocycles. The third-order valence-electron chi connectivity index (χ3n) is 3.83. The number of methoxy groups -OCH3 is 1. The smallest absolute Gasteiger partial charge is 0.336 e. The molecule has 0 saturated heterocycles. The predicted molar refractivity (Wildman–Crippen MR) is 89.9 cm³/mol. The average Bonchev–Trinajstić information content (AvgIpc) is 2.58. The molecule has 1 aromatic heterocycles. The summed E-state index contributed by atoms with van der Waals surface area (Å²) in [6.45, 7) is 3.79. The van der Waals surface area contributed by atoms with E-state index in [1.54, 1.807) is 24.3 Å². The van der Waals surface area contributed by atoms with E-state index >= 15 is 0 Å². The first kappa shape index (κ1) is 17.5. The first-order valence-corrected chi connectivity index (χ1v) is 7.64. The topological polar surface area (TPSA) is 97.6 Å². The molecule has 0 aliphatic rings. The van der Waals surface area contributed by atoms with E-state index in [0.717, 1.165) is 6.42 Å². The standard InChI is InChI=1S/C17H20N2O5/c1-4-10(2)15(16(21)23-3)19-17(22)18-12-6-7-13-11(9-12)5-8-14(20)24-13/h5-10,15H,4H2,1-3H3,(H2,18,19,22)/t10-,15+/m1/s1. The number of anilines is 1. The predicted octanol–water partition coefficient (Wildman–Crippen LogP) is 2.50. The summed E-state index contributed by atoms with van der Waals surface area (Å²) in [4.78, 5) is 35.1. The zero-order valence-electron chi connectivity index (χ0n) is 13.8. The van der Waals surface area contributed by atoms with Crippen LogP contribution in [-0.2, 0) is 9.53 Å². The van der Waals surface area contributed by atoms with Crippen LogP contribution >= 0.6 is 0 Å². The number of amides is 2. The Bertz CT molecular complexity index is 799. The summed E-state index contributed by atoms with van der Waals surface area (Å²) in [5.41, 5.74) is 0.512. The number of benzene rings is 1. The molecule has 128 valence electrons. The summed E-state index contributed by atoms with van der Waals surface area (Å²) in [6.07, 6.45) is 0.717. The molecule has 0 spiro atoms. The molecule has 7 nitrogen and oxygen atoms in total. The van der Waals surface area contributed by atoms with E-state index in [4.69, 9.17) is 9.15 Å². The van der Waals surface area contributed by atoms with Crippen LogP contribution in [0, 0.1) is 5.92 Å². The molecular weight excluding hydrogens is 312 g/mol. The molecular formula is C17H20N2O5. The van der Waals surface area contributed by atoms with Crippen molar-refractivity contribution in [2.24, 2.45) is 5.92 Å². The Morgan fingerprint density at radius 2 is 2.00 bits per heavy atom. The van der Waals surface area contributed by atoms with Gasteiger partial charge in [-0.25, -0.2) is 14.4 Å². The second-order valence-corrected chi connectivity index (χ2v) is 5.49. The van der Waals surface area contributed by atoms with Crippen LogP contribution in [0.15, 0.2) is 39.5 Å². The van der Waals surface area contributed by atoms with Crippen molar-refractivity contribution < 1.29 is 18.7 Å². The van der Waals surface area contributed by atoms with Crippen LogP contribution in [0.4, 0.5) is 10.5 Å². The number of ether oxygens (including phenoxy) is 1. The first-order chi connectivity index (χ1) is 11.4. The number of nitrogens with one attached hydrogen (secondary N) is 2. The monoisotopic (exact) mass is 332 g/mol. The van der Waals surface area contributed by atoms with Gasteiger partial charge >= 0.3 is 17.6 Å². The van der Waals surface area contributed by atoms with Gasteiger partial charge in [0.1, 0.15) is 11.6 Å². The Morgan fingerprint density at radius 1 is 1.25 bits per heavy atom. The fraction of sp³-hybridized carbons (Fsp3) is 0.353. The first-order valence-electron chi connectivity index (χ1n) is 7.64. The molecule has 24 heavy (non-hydrogen) atoms. The molecule has 2 amide bonds. The van der Waals surface area contributed by atoms with Crippen molar-refractivity contribution in [3.63, 3.8) is 0 Å². The SMILES string of the molecule is CC[C@@H](C)[C@H](NC(=O)Nc1ccc2oc(=O)ccc2c1)C(=O)OC. The molecule has 0 aliphatic carbocycles. The lowest BCUT2D eigenvalue weighted by molar-refractivity contribution is -0.144. The van der Waals surface area contributed by atoms with Crippen LogP contribution in [0.3, 0.4) is 0 Å². The van der Waals surface area contributed by atoms with Crippen LogP contribution < -0.4 is 16.3 Å². The maximum absolute atomic E-state index is 12.2. The van der Waals surface area contributed by atoms with Crippen LogP contribution in [-0.4, -0.2) is 25.2 Å². The molecule has 0 unspecified atom stereocenters. The van der Waals surface area contributed by atoms with Crippen molar-refractivity contribution >= 4 is 28.7 Å². The number of hydrogen-bond acceptors (Lipinski definition) is 5. The van der Waals surface area contributed by atoms with E-state index in [9.17, 15) is 14.4 Å². The Hall–Kier alpha value is -2.83. The Labute approximate surface area is 139 Å². The van der Waals surface area contributed by atoms with Gasteiger partial charge in [0.25, 0.3) is 0 Å². The number of carbonyl (C=O) groups is 2. The molecule has 0 saturated carbocycles. The summed E-state index contributed by atoms with van der Waals surface area (Å²) in [5, 5.41) is 5.96. The van der Waals surface area contributed by atoms with Gasteiger partial charge < -0.3 is 19.8 Å². The van der Waals surface area contributed by atoms with E-state index in [-0.39, 0.29) is 5.92 Å². The van der Waals surface area contributed by atoms with Gasteiger partial charge in [-0.3, -0.25) is 0 Å². The van der Waals surface area contributed by atoms with E-state index in [1.807, 2.05) is 13.8 Å². The van der Waals surface area contributed by atoms with E-state index < -0.39 is 23.7 Å². The van der Waals surface area contributed by atoms with Crippen molar-refractivity contribution in [1.29, 1.82) is 0 Å². The second kappa shape index (κ2) is 7.63. The molecule has 2 rings (SSSR count). The van der Waals surface area contributed by atoms with Gasteiger partial charge in [-0.2, -0.15) is 0 Å². The Balaban J connectivity index is 2.12. The molecule has 2 atom stereocenters. The largest absolute Gasteiger partial charge is 0.467 e. The fourth-order valence-corrected chi connectivity index (χ4v) is 2.25. The minimum absolute atomic E-state index is 0.0610.